The van der Waals surface area contributed by atoms with Gasteiger partial charge in [0.2, 0.25) is 0 Å². The summed E-state index contributed by atoms with van der Waals surface area (Å²) in [6, 6.07) is 13.5. The molecule has 2 aromatic rings. The Kier molecular flexibility index (Phi) is 6.93. The third-order valence-corrected chi connectivity index (χ3v) is 4.98. The lowest BCUT2D eigenvalue weighted by atomic mass is 10.0. The predicted molar refractivity (Wildman–Crippen MR) is 109 cm³/mol. The van der Waals surface area contributed by atoms with E-state index in [4.69, 9.17) is 14.2 Å². The Morgan fingerprint density at radius 2 is 2.04 bits per heavy atom. The monoisotopic (exact) mass is 383 g/mol. The molecule has 3 rings (SSSR count). The second-order valence-electron chi connectivity index (χ2n) is 7.35. The molecule has 1 N–H and O–H groups in total. The molecule has 1 aliphatic heterocycles. The summed E-state index contributed by atoms with van der Waals surface area (Å²) in [4.78, 5) is 12.5. The van der Waals surface area contributed by atoms with E-state index in [-0.39, 0.29) is 12.0 Å². The summed E-state index contributed by atoms with van der Waals surface area (Å²) < 4.78 is 17.1. The Labute approximate surface area is 167 Å². The summed E-state index contributed by atoms with van der Waals surface area (Å²) >= 11 is 0. The molecule has 0 saturated carbocycles. The number of para-hydroxylation sites is 1. The Morgan fingerprint density at radius 1 is 1.21 bits per heavy atom. The van der Waals surface area contributed by atoms with Crippen LogP contribution < -0.4 is 14.8 Å². The van der Waals surface area contributed by atoms with E-state index >= 15 is 0 Å². The van der Waals surface area contributed by atoms with Crippen molar-refractivity contribution in [2.75, 3.05) is 20.3 Å². The van der Waals surface area contributed by atoms with Gasteiger partial charge in [0.15, 0.2) is 0 Å². The highest BCUT2D eigenvalue weighted by Gasteiger charge is 2.17. The number of nitrogens with one attached hydrogen (secondary N) is 1. The maximum Gasteiger partial charge on any atom is 0.251 e. The summed E-state index contributed by atoms with van der Waals surface area (Å²) in [6.45, 7) is 5.93. The molecule has 1 unspecified atom stereocenters. The molecule has 1 aliphatic rings. The van der Waals surface area contributed by atoms with Crippen LogP contribution >= 0.6 is 0 Å². The van der Waals surface area contributed by atoms with Gasteiger partial charge < -0.3 is 19.5 Å². The number of benzene rings is 2. The molecule has 5 nitrogen and oxygen atoms in total. The molecule has 1 saturated heterocycles. The van der Waals surface area contributed by atoms with Crippen LogP contribution in [0.5, 0.6) is 11.5 Å². The zero-order chi connectivity index (χ0) is 19.9. The van der Waals surface area contributed by atoms with Crippen LogP contribution in [-0.4, -0.2) is 32.3 Å². The van der Waals surface area contributed by atoms with Crippen LogP contribution in [0.15, 0.2) is 42.5 Å². The molecule has 0 spiro atoms. The van der Waals surface area contributed by atoms with Crippen molar-refractivity contribution in [2.24, 2.45) is 0 Å². The molecule has 28 heavy (non-hydrogen) atoms. The van der Waals surface area contributed by atoms with E-state index < -0.39 is 0 Å². The lowest BCUT2D eigenvalue weighted by molar-refractivity contribution is 0.0857. The first-order chi connectivity index (χ1) is 13.6. The van der Waals surface area contributed by atoms with Crippen molar-refractivity contribution in [3.05, 3.63) is 59.2 Å². The van der Waals surface area contributed by atoms with E-state index in [1.807, 2.05) is 30.3 Å². The highest BCUT2D eigenvalue weighted by Crippen LogP contribution is 2.28. The number of hydrogen-bond donors (Lipinski definition) is 1. The predicted octanol–water partition coefficient (Wildman–Crippen LogP) is 4.31. The van der Waals surface area contributed by atoms with Crippen molar-refractivity contribution >= 4 is 5.91 Å². The zero-order valence-corrected chi connectivity index (χ0v) is 16.9. The Balaban J connectivity index is 1.69. The molecule has 2 aromatic carbocycles. The smallest absolute Gasteiger partial charge is 0.251 e. The summed E-state index contributed by atoms with van der Waals surface area (Å²) in [5.74, 6) is 1.82. The molecule has 0 aromatic heterocycles. The Morgan fingerprint density at radius 3 is 2.75 bits per heavy atom. The number of carbonyl (C=O) groups excluding carboxylic acids is 1. The van der Waals surface area contributed by atoms with E-state index in [1.165, 1.54) is 0 Å². The summed E-state index contributed by atoms with van der Waals surface area (Å²) in [5.41, 5.74) is 2.59. The first kappa shape index (κ1) is 20.2. The third kappa shape index (κ3) is 5.04. The fraction of sp³-hybridized carbons (Fsp3) is 0.435. The maximum atomic E-state index is 12.5. The van der Waals surface area contributed by atoms with Gasteiger partial charge in [-0.1, -0.05) is 32.0 Å². The number of hydrogen-bond acceptors (Lipinski definition) is 4. The SMILES string of the molecule is COc1ccc(C(=O)NCC2CCCO2)cc1COc1ccccc1C(C)C. The topological polar surface area (TPSA) is 56.8 Å². The highest BCUT2D eigenvalue weighted by molar-refractivity contribution is 5.94. The van der Waals surface area contributed by atoms with Gasteiger partial charge in [-0.05, 0) is 48.6 Å². The van der Waals surface area contributed by atoms with Crippen LogP contribution in [0.2, 0.25) is 0 Å². The van der Waals surface area contributed by atoms with E-state index in [2.05, 4.69) is 25.2 Å². The average molecular weight is 383 g/mol. The van der Waals surface area contributed by atoms with Gasteiger partial charge in [-0.3, -0.25) is 4.79 Å². The first-order valence-electron chi connectivity index (χ1n) is 9.87. The van der Waals surface area contributed by atoms with Crippen molar-refractivity contribution in [1.82, 2.24) is 5.32 Å². The van der Waals surface area contributed by atoms with Gasteiger partial charge in [0.05, 0.1) is 13.2 Å². The van der Waals surface area contributed by atoms with E-state index in [9.17, 15) is 4.79 Å². The van der Waals surface area contributed by atoms with Crippen molar-refractivity contribution in [1.29, 1.82) is 0 Å². The standard InChI is InChI=1S/C23H29NO4/c1-16(2)20-8-4-5-9-22(20)28-15-18-13-17(10-11-21(18)26-3)23(25)24-14-19-7-6-12-27-19/h4-5,8-11,13,16,19H,6-7,12,14-15H2,1-3H3,(H,24,25). The molecule has 1 amide bonds. The van der Waals surface area contributed by atoms with Crippen molar-refractivity contribution in [3.63, 3.8) is 0 Å². The molecule has 1 fully saturated rings. The molecule has 0 radical (unpaired) electrons. The number of amides is 1. The molecule has 150 valence electrons. The molecule has 0 bridgehead atoms. The van der Waals surface area contributed by atoms with Crippen LogP contribution in [-0.2, 0) is 11.3 Å². The fourth-order valence-corrected chi connectivity index (χ4v) is 3.39. The van der Waals surface area contributed by atoms with E-state index in [0.717, 1.165) is 36.3 Å². The Hall–Kier alpha value is -2.53. The third-order valence-electron chi connectivity index (χ3n) is 4.98. The minimum Gasteiger partial charge on any atom is -0.496 e. The molecular weight excluding hydrogens is 354 g/mol. The summed E-state index contributed by atoms with van der Waals surface area (Å²) in [6.07, 6.45) is 2.18. The number of rotatable bonds is 8. The lowest BCUT2D eigenvalue weighted by Gasteiger charge is -2.16. The van der Waals surface area contributed by atoms with Gasteiger partial charge in [0, 0.05) is 24.3 Å². The van der Waals surface area contributed by atoms with Crippen molar-refractivity contribution in [2.45, 2.75) is 45.3 Å². The largest absolute Gasteiger partial charge is 0.496 e. The van der Waals surface area contributed by atoms with Crippen LogP contribution in [0.3, 0.4) is 0 Å². The molecule has 1 atom stereocenters. The van der Waals surface area contributed by atoms with Crippen molar-refractivity contribution in [3.8, 4) is 11.5 Å². The van der Waals surface area contributed by atoms with Gasteiger partial charge in [-0.2, -0.15) is 0 Å². The van der Waals surface area contributed by atoms with Gasteiger partial charge >= 0.3 is 0 Å². The number of ether oxygens (including phenoxy) is 3. The highest BCUT2D eigenvalue weighted by atomic mass is 16.5. The molecule has 1 heterocycles. The average Bonchev–Trinajstić information content (AvgIpc) is 3.24. The quantitative estimate of drug-likeness (QED) is 0.738. The second-order valence-corrected chi connectivity index (χ2v) is 7.35. The molecule has 0 aliphatic carbocycles. The second kappa shape index (κ2) is 9.60. The van der Waals surface area contributed by atoms with Crippen molar-refractivity contribution < 1.29 is 19.0 Å². The van der Waals surface area contributed by atoms with Gasteiger partial charge in [0.1, 0.15) is 18.1 Å². The fourth-order valence-electron chi connectivity index (χ4n) is 3.39. The minimum absolute atomic E-state index is 0.109. The Bertz CT molecular complexity index is 797. The summed E-state index contributed by atoms with van der Waals surface area (Å²) in [5, 5.41) is 2.96. The van der Waals surface area contributed by atoms with E-state index in [1.54, 1.807) is 13.2 Å². The minimum atomic E-state index is -0.109. The zero-order valence-electron chi connectivity index (χ0n) is 16.9. The van der Waals surface area contributed by atoms with Gasteiger partial charge in [-0.15, -0.1) is 0 Å². The van der Waals surface area contributed by atoms with Crippen LogP contribution in [0, 0.1) is 0 Å². The van der Waals surface area contributed by atoms with Gasteiger partial charge in [-0.25, -0.2) is 0 Å². The maximum absolute atomic E-state index is 12.5. The van der Waals surface area contributed by atoms with Crippen LogP contribution in [0.4, 0.5) is 0 Å². The number of carbonyl (C=O) groups is 1. The van der Waals surface area contributed by atoms with Gasteiger partial charge in [0.25, 0.3) is 5.91 Å². The normalized spacial score (nSPS) is 16.2. The lowest BCUT2D eigenvalue weighted by Crippen LogP contribution is -2.31. The van der Waals surface area contributed by atoms with E-state index in [0.29, 0.717) is 30.4 Å². The summed E-state index contributed by atoms with van der Waals surface area (Å²) in [7, 11) is 1.62. The molecular formula is C23H29NO4. The van der Waals surface area contributed by atoms with Crippen LogP contribution in [0.25, 0.3) is 0 Å². The molecule has 5 heteroatoms. The first-order valence-corrected chi connectivity index (χ1v) is 9.87. The number of methoxy groups -OCH3 is 1. The van der Waals surface area contributed by atoms with Crippen LogP contribution in [0.1, 0.15) is 54.1 Å².